The van der Waals surface area contributed by atoms with E-state index in [2.05, 4.69) is 0 Å². The van der Waals surface area contributed by atoms with Gasteiger partial charge in [-0.25, -0.2) is 0 Å². The minimum Gasteiger partial charge on any atom is -0.389 e. The zero-order valence-electron chi connectivity index (χ0n) is 9.55. The molecule has 3 N–H and O–H groups in total. The lowest BCUT2D eigenvalue weighted by Gasteiger charge is -2.20. The van der Waals surface area contributed by atoms with E-state index in [1.807, 2.05) is 4.90 Å². The average Bonchev–Trinajstić information content (AvgIpc) is 2.58. The molecule has 94 valence electrons. The van der Waals surface area contributed by atoms with Crippen molar-refractivity contribution < 1.29 is 15.3 Å². The van der Waals surface area contributed by atoms with Gasteiger partial charge in [0.25, 0.3) is 0 Å². The quantitative estimate of drug-likeness (QED) is 0.738. The molecule has 0 aromatic heterocycles. The minimum atomic E-state index is -0.734. The van der Waals surface area contributed by atoms with Crippen LogP contribution in [0.5, 0.6) is 0 Å². The molecule has 1 fully saturated rings. The fourth-order valence-corrected chi connectivity index (χ4v) is 2.31. The van der Waals surface area contributed by atoms with Crippen LogP contribution in [-0.4, -0.2) is 40.6 Å². The zero-order valence-corrected chi connectivity index (χ0v) is 10.3. The Hall–Kier alpha value is -0.810. The van der Waals surface area contributed by atoms with Crippen LogP contribution in [-0.2, 0) is 0 Å². The molecule has 2 rings (SSSR count). The fourth-order valence-electron chi connectivity index (χ4n) is 2.01. The van der Waals surface area contributed by atoms with Crippen molar-refractivity contribution in [3.63, 3.8) is 0 Å². The highest BCUT2D eigenvalue weighted by molar-refractivity contribution is 6.33. The van der Waals surface area contributed by atoms with Crippen LogP contribution in [0.3, 0.4) is 0 Å². The maximum absolute atomic E-state index is 9.49. The Morgan fingerprint density at radius 3 is 2.35 bits per heavy atom. The summed E-state index contributed by atoms with van der Waals surface area (Å²) in [7, 11) is 0. The van der Waals surface area contributed by atoms with Gasteiger partial charge < -0.3 is 20.2 Å². The van der Waals surface area contributed by atoms with Crippen molar-refractivity contribution in [2.24, 2.45) is 0 Å². The van der Waals surface area contributed by atoms with Crippen LogP contribution in [0.1, 0.15) is 18.6 Å². The van der Waals surface area contributed by atoms with Crippen LogP contribution in [0.15, 0.2) is 18.2 Å². The van der Waals surface area contributed by atoms with E-state index in [1.165, 1.54) is 0 Å². The van der Waals surface area contributed by atoms with Gasteiger partial charge in [-0.2, -0.15) is 0 Å². The van der Waals surface area contributed by atoms with Crippen molar-refractivity contribution >= 4 is 17.3 Å². The first-order valence-electron chi connectivity index (χ1n) is 5.57. The first-order chi connectivity index (χ1) is 7.99. The van der Waals surface area contributed by atoms with Crippen LogP contribution < -0.4 is 4.90 Å². The molecule has 17 heavy (non-hydrogen) atoms. The van der Waals surface area contributed by atoms with E-state index >= 15 is 0 Å². The Bertz CT molecular complexity index is 401. The highest BCUT2D eigenvalue weighted by atomic mass is 35.5. The normalized spacial score (nSPS) is 26.3. The fraction of sp³-hybridized carbons (Fsp3) is 0.500. The lowest BCUT2D eigenvalue weighted by molar-refractivity contribution is 0.0572. The lowest BCUT2D eigenvalue weighted by atomic mass is 10.1. The first-order valence-corrected chi connectivity index (χ1v) is 5.95. The van der Waals surface area contributed by atoms with Crippen molar-refractivity contribution in [1.29, 1.82) is 0 Å². The van der Waals surface area contributed by atoms with Crippen molar-refractivity contribution in [2.75, 3.05) is 18.0 Å². The monoisotopic (exact) mass is 257 g/mol. The molecule has 4 nitrogen and oxygen atoms in total. The highest BCUT2D eigenvalue weighted by Gasteiger charge is 2.30. The highest BCUT2D eigenvalue weighted by Crippen LogP contribution is 2.31. The van der Waals surface area contributed by atoms with Gasteiger partial charge in [-0.3, -0.25) is 0 Å². The molecule has 0 bridgehead atoms. The molecule has 0 spiro atoms. The van der Waals surface area contributed by atoms with Gasteiger partial charge in [0.15, 0.2) is 0 Å². The molecule has 1 aromatic carbocycles. The number of hydrogen-bond acceptors (Lipinski definition) is 4. The van der Waals surface area contributed by atoms with E-state index in [0.29, 0.717) is 18.1 Å². The molecule has 0 aliphatic carbocycles. The molecule has 1 aliphatic heterocycles. The van der Waals surface area contributed by atoms with E-state index in [9.17, 15) is 15.3 Å². The number of halogens is 1. The molecule has 0 amide bonds. The van der Waals surface area contributed by atoms with E-state index in [-0.39, 0.29) is 0 Å². The zero-order chi connectivity index (χ0) is 12.6. The minimum absolute atomic E-state index is 0.370. The smallest absolute Gasteiger partial charge is 0.0990 e. The predicted molar refractivity (Wildman–Crippen MR) is 66.3 cm³/mol. The molecule has 2 unspecified atom stereocenters. The van der Waals surface area contributed by atoms with Gasteiger partial charge in [0, 0.05) is 13.1 Å². The summed E-state index contributed by atoms with van der Waals surface area (Å²) in [5.74, 6) is 0. The summed E-state index contributed by atoms with van der Waals surface area (Å²) in [6.07, 6.45) is -2.03. The number of aliphatic hydroxyl groups excluding tert-OH is 3. The number of β-amino-alcohol motifs (C(OH)–C–C–N with tert-alkyl or cyclic N) is 2. The number of anilines is 1. The van der Waals surface area contributed by atoms with Crippen LogP contribution in [0.4, 0.5) is 5.69 Å². The third-order valence-corrected chi connectivity index (χ3v) is 3.36. The second kappa shape index (κ2) is 4.82. The van der Waals surface area contributed by atoms with Crippen LogP contribution in [0, 0.1) is 0 Å². The third-order valence-electron chi connectivity index (χ3n) is 3.05. The number of nitrogens with zero attached hydrogens (tertiary/aromatic N) is 1. The first kappa shape index (κ1) is 12.6. The molecule has 5 heteroatoms. The van der Waals surface area contributed by atoms with Gasteiger partial charge in [0.1, 0.15) is 0 Å². The molecule has 1 heterocycles. The number of rotatable bonds is 2. The Labute approximate surface area is 105 Å². The molecule has 0 radical (unpaired) electrons. The second-order valence-electron chi connectivity index (χ2n) is 4.43. The van der Waals surface area contributed by atoms with Gasteiger partial charge in [-0.1, -0.05) is 17.7 Å². The van der Waals surface area contributed by atoms with E-state index in [1.54, 1.807) is 25.1 Å². The summed E-state index contributed by atoms with van der Waals surface area (Å²) < 4.78 is 0. The topological polar surface area (TPSA) is 63.9 Å². The number of hydrogen-bond donors (Lipinski definition) is 3. The Morgan fingerprint density at radius 1 is 1.29 bits per heavy atom. The number of benzene rings is 1. The van der Waals surface area contributed by atoms with Gasteiger partial charge in [-0.15, -0.1) is 0 Å². The summed E-state index contributed by atoms with van der Waals surface area (Å²) in [4.78, 5) is 1.84. The van der Waals surface area contributed by atoms with E-state index in [4.69, 9.17) is 11.6 Å². The molecule has 1 aromatic rings. The lowest BCUT2D eigenvalue weighted by Crippen LogP contribution is -2.22. The van der Waals surface area contributed by atoms with Crippen molar-refractivity contribution in [2.45, 2.75) is 25.2 Å². The van der Waals surface area contributed by atoms with E-state index < -0.39 is 18.3 Å². The summed E-state index contributed by atoms with van der Waals surface area (Å²) in [5, 5.41) is 28.9. The summed E-state index contributed by atoms with van der Waals surface area (Å²) in [6, 6.07) is 5.30. The average molecular weight is 258 g/mol. The predicted octanol–water partition coefficient (Wildman–Crippen LogP) is 0.935. The van der Waals surface area contributed by atoms with Gasteiger partial charge in [0.2, 0.25) is 0 Å². The van der Waals surface area contributed by atoms with Crippen molar-refractivity contribution in [3.8, 4) is 0 Å². The molecule has 0 saturated carbocycles. The molecule has 3 atom stereocenters. The van der Waals surface area contributed by atoms with Crippen molar-refractivity contribution in [3.05, 3.63) is 28.8 Å². The van der Waals surface area contributed by atoms with Crippen molar-refractivity contribution in [1.82, 2.24) is 0 Å². The Balaban J connectivity index is 2.23. The SMILES string of the molecule is C[C@H](O)c1ccc(N2CC(O)C(O)C2)c(Cl)c1. The maximum Gasteiger partial charge on any atom is 0.0990 e. The van der Waals surface area contributed by atoms with Crippen LogP contribution in [0.2, 0.25) is 5.02 Å². The van der Waals surface area contributed by atoms with E-state index in [0.717, 1.165) is 11.3 Å². The van der Waals surface area contributed by atoms with Gasteiger partial charge in [0.05, 0.1) is 29.0 Å². The summed E-state index contributed by atoms with van der Waals surface area (Å²) in [6.45, 7) is 2.42. The summed E-state index contributed by atoms with van der Waals surface area (Å²) >= 11 is 6.13. The Morgan fingerprint density at radius 2 is 1.88 bits per heavy atom. The largest absolute Gasteiger partial charge is 0.389 e. The molecule has 1 saturated heterocycles. The molecular formula is C12H16ClNO3. The van der Waals surface area contributed by atoms with Crippen LogP contribution in [0.25, 0.3) is 0 Å². The maximum atomic E-state index is 9.49. The van der Waals surface area contributed by atoms with Gasteiger partial charge in [-0.05, 0) is 24.6 Å². The Kier molecular flexibility index (Phi) is 3.58. The van der Waals surface area contributed by atoms with Gasteiger partial charge >= 0.3 is 0 Å². The third kappa shape index (κ3) is 2.55. The standard InChI is InChI=1S/C12H16ClNO3/c1-7(15)8-2-3-10(9(13)4-8)14-5-11(16)12(17)6-14/h2-4,7,11-12,15-17H,5-6H2,1H3/t7-,11?,12?/m0/s1. The second-order valence-corrected chi connectivity index (χ2v) is 4.83. The van der Waals surface area contributed by atoms with Crippen LogP contribution >= 0.6 is 11.6 Å². The molecule has 1 aliphatic rings. The number of aliphatic hydroxyl groups is 3. The molecular weight excluding hydrogens is 242 g/mol. The summed E-state index contributed by atoms with van der Waals surface area (Å²) in [5.41, 5.74) is 1.52.